The second-order valence-corrected chi connectivity index (χ2v) is 15.8. The standard InChI is InChI=1S/C7H6O2S.C2H5.Hg.Na/c8-7(9)5-3-1-2-4-6(5)10;1-2;;/h1-4,10H,(H,8,9);1H2,2H3;;/q;;+1;/p-1. The zero-order valence-electron chi connectivity index (χ0n) is 8.49. The quantitative estimate of drug-likeness (QED) is 0.782. The number of hydrogen-bond donors (Lipinski definition) is 1. The summed E-state index contributed by atoms with van der Waals surface area (Å²) in [6.07, 6.45) is 0. The van der Waals surface area contributed by atoms with E-state index in [1.54, 1.807) is 12.1 Å². The molecule has 0 heterocycles. The third kappa shape index (κ3) is 4.66. The summed E-state index contributed by atoms with van der Waals surface area (Å²) in [4.78, 5) is 11.8. The van der Waals surface area contributed by atoms with Crippen molar-refractivity contribution < 1.29 is 33.0 Å². The molecule has 14 heavy (non-hydrogen) atoms. The van der Waals surface area contributed by atoms with Crippen molar-refractivity contribution in [2.24, 2.45) is 0 Å². The summed E-state index contributed by atoms with van der Waals surface area (Å²) in [5.74, 6) is -0.812. The molecule has 1 aromatic carbocycles. The van der Waals surface area contributed by atoms with Crippen LogP contribution in [0.3, 0.4) is 0 Å². The van der Waals surface area contributed by atoms with Gasteiger partial charge >= 0.3 is 92.8 Å². The first kappa shape index (κ1) is 15.0. The largest absolute Gasteiger partial charge is 0 e. The van der Waals surface area contributed by atoms with Gasteiger partial charge in [-0.2, -0.15) is 0 Å². The van der Waals surface area contributed by atoms with Gasteiger partial charge in [0.05, 0.1) is 0 Å². The van der Waals surface area contributed by atoms with Crippen LogP contribution >= 0.6 is 8.24 Å². The molecule has 67 valence electrons. The van der Waals surface area contributed by atoms with Crippen LogP contribution in [0.4, 0.5) is 0 Å². The third-order valence-electron chi connectivity index (χ3n) is 1.58. The molecular formula is C9H10HgNaO2S. The number of benzene rings is 1. The Kier molecular flexibility index (Phi) is 8.73. The SMILES string of the molecule is C[CH2][Hg][S]c1ccccc1C(=O)O.[Na]. The smallest absolute Gasteiger partial charge is 0 e. The molecule has 0 aliphatic carbocycles. The van der Waals surface area contributed by atoms with Gasteiger partial charge in [0.1, 0.15) is 0 Å². The predicted molar refractivity (Wildman–Crippen MR) is 55.5 cm³/mol. The molecule has 0 atom stereocenters. The number of carbonyl (C=O) groups is 1. The van der Waals surface area contributed by atoms with Crippen LogP contribution in [-0.4, -0.2) is 40.6 Å². The minimum absolute atomic E-state index is 0. The number of rotatable bonds is 4. The second-order valence-electron chi connectivity index (χ2n) is 2.65. The topological polar surface area (TPSA) is 37.3 Å². The van der Waals surface area contributed by atoms with Crippen LogP contribution in [0, 0.1) is 0 Å². The molecule has 1 N–H and O–H groups in total. The maximum atomic E-state index is 10.8. The number of carboxylic acid groups (broad SMARTS) is 1. The van der Waals surface area contributed by atoms with Crippen LogP contribution in [-0.2, 0) is 23.1 Å². The van der Waals surface area contributed by atoms with E-state index in [1.165, 1.54) is 3.93 Å². The second kappa shape index (κ2) is 8.16. The normalized spacial score (nSPS) is 8.64. The number of hydrogen-bond acceptors (Lipinski definition) is 2. The van der Waals surface area contributed by atoms with Crippen molar-refractivity contribution in [1.29, 1.82) is 0 Å². The van der Waals surface area contributed by atoms with Gasteiger partial charge in [-0.3, -0.25) is 0 Å². The molecule has 0 saturated heterocycles. The van der Waals surface area contributed by atoms with Gasteiger partial charge in [-0.05, 0) is 0 Å². The van der Waals surface area contributed by atoms with Crippen molar-refractivity contribution in [3.05, 3.63) is 29.8 Å². The average Bonchev–Trinajstić information content (AvgIpc) is 2.15. The van der Waals surface area contributed by atoms with E-state index in [2.05, 4.69) is 6.92 Å². The van der Waals surface area contributed by atoms with E-state index < -0.39 is 29.0 Å². The summed E-state index contributed by atoms with van der Waals surface area (Å²) in [5.41, 5.74) is 0.459. The molecule has 0 spiro atoms. The van der Waals surface area contributed by atoms with E-state index >= 15 is 0 Å². The van der Waals surface area contributed by atoms with Gasteiger partial charge in [-0.15, -0.1) is 0 Å². The third-order valence-corrected chi connectivity index (χ3v) is 13.6. The molecule has 0 aliphatic rings. The minimum atomic E-state index is -0.860. The molecule has 0 fully saturated rings. The van der Waals surface area contributed by atoms with Crippen molar-refractivity contribution in [1.82, 2.24) is 0 Å². The Hall–Kier alpha value is 0.975. The first-order chi connectivity index (χ1) is 6.25. The average molecular weight is 406 g/mol. The molecule has 5 heteroatoms. The molecule has 0 bridgehead atoms. The number of aromatic carboxylic acids is 1. The van der Waals surface area contributed by atoms with E-state index in [-0.39, 0.29) is 29.6 Å². The van der Waals surface area contributed by atoms with E-state index in [1.807, 2.05) is 20.4 Å². The fourth-order valence-corrected chi connectivity index (χ4v) is 9.77. The molecule has 1 rings (SSSR count). The van der Waals surface area contributed by atoms with E-state index in [0.717, 1.165) is 4.90 Å². The van der Waals surface area contributed by atoms with Gasteiger partial charge in [0.2, 0.25) is 0 Å². The van der Waals surface area contributed by atoms with Gasteiger partial charge in [-0.25, -0.2) is 0 Å². The molecule has 1 radical (unpaired) electrons. The van der Waals surface area contributed by atoms with Gasteiger partial charge in [-0.1, -0.05) is 0 Å². The fraction of sp³-hybridized carbons (Fsp3) is 0.222. The number of carboxylic acids is 1. The molecule has 0 aromatic heterocycles. The summed E-state index contributed by atoms with van der Waals surface area (Å²) >= 11 is -0.860. The first-order valence-corrected chi connectivity index (χ1v) is 15.8. The Morgan fingerprint density at radius 1 is 1.50 bits per heavy atom. The predicted octanol–water partition coefficient (Wildman–Crippen LogP) is 2.53. The molecule has 0 aliphatic heterocycles. The molecule has 0 amide bonds. The first-order valence-electron chi connectivity index (χ1n) is 4.20. The van der Waals surface area contributed by atoms with Crippen molar-refractivity contribution in [2.45, 2.75) is 15.7 Å². The van der Waals surface area contributed by atoms with Crippen LogP contribution in [0.2, 0.25) is 3.93 Å². The molecule has 0 saturated carbocycles. The van der Waals surface area contributed by atoms with Crippen molar-refractivity contribution in [3.8, 4) is 0 Å². The van der Waals surface area contributed by atoms with E-state index in [0.29, 0.717) is 5.56 Å². The van der Waals surface area contributed by atoms with Crippen LogP contribution in [0.5, 0.6) is 0 Å². The van der Waals surface area contributed by atoms with Gasteiger partial charge in [0.25, 0.3) is 0 Å². The maximum Gasteiger partial charge on any atom is 0 e. The fourth-order valence-electron chi connectivity index (χ4n) is 0.981. The Bertz CT molecular complexity index is 307. The van der Waals surface area contributed by atoms with Gasteiger partial charge in [0.15, 0.2) is 0 Å². The van der Waals surface area contributed by atoms with Crippen molar-refractivity contribution in [2.75, 3.05) is 0 Å². The van der Waals surface area contributed by atoms with Crippen molar-refractivity contribution >= 4 is 43.8 Å². The Labute approximate surface area is 121 Å². The van der Waals surface area contributed by atoms with Crippen LogP contribution in [0.1, 0.15) is 17.3 Å². The summed E-state index contributed by atoms with van der Waals surface area (Å²) in [6.45, 7) is 2.18. The summed E-state index contributed by atoms with van der Waals surface area (Å²) in [7, 11) is 1.82. The Morgan fingerprint density at radius 2 is 2.14 bits per heavy atom. The maximum absolute atomic E-state index is 10.8. The minimum Gasteiger partial charge on any atom is 0 e. The zero-order chi connectivity index (χ0) is 9.68. The Balaban J connectivity index is 0.00000169. The van der Waals surface area contributed by atoms with Crippen LogP contribution in [0.15, 0.2) is 29.2 Å². The molecule has 0 unspecified atom stereocenters. The van der Waals surface area contributed by atoms with Gasteiger partial charge in [0, 0.05) is 29.6 Å². The summed E-state index contributed by atoms with van der Waals surface area (Å²) in [6, 6.07) is 7.26. The molecule has 1 aromatic rings. The van der Waals surface area contributed by atoms with E-state index in [4.69, 9.17) is 5.11 Å². The summed E-state index contributed by atoms with van der Waals surface area (Å²) in [5, 5.41) is 8.88. The monoisotopic (exact) mass is 407 g/mol. The van der Waals surface area contributed by atoms with E-state index in [9.17, 15) is 4.79 Å². The zero-order valence-corrected chi connectivity index (χ0v) is 16.8. The van der Waals surface area contributed by atoms with Crippen LogP contribution in [0.25, 0.3) is 0 Å². The molecular weight excluding hydrogens is 396 g/mol. The Morgan fingerprint density at radius 3 is 2.71 bits per heavy atom. The van der Waals surface area contributed by atoms with Gasteiger partial charge < -0.3 is 0 Å². The van der Waals surface area contributed by atoms with Crippen molar-refractivity contribution in [3.63, 3.8) is 0 Å². The van der Waals surface area contributed by atoms with Crippen LogP contribution < -0.4 is 0 Å². The summed E-state index contributed by atoms with van der Waals surface area (Å²) < 4.78 is 1.28. The molecule has 2 nitrogen and oxygen atoms in total.